The lowest BCUT2D eigenvalue weighted by Gasteiger charge is -1.97. The molecule has 58 valence electrons. The van der Waals surface area contributed by atoms with E-state index in [9.17, 15) is 0 Å². The number of nitrogens with zero attached hydrogens (tertiary/aromatic N) is 2. The van der Waals surface area contributed by atoms with Gasteiger partial charge in [0.25, 0.3) is 0 Å². The van der Waals surface area contributed by atoms with Crippen LogP contribution in [0, 0.1) is 0 Å². The van der Waals surface area contributed by atoms with Crippen molar-refractivity contribution in [1.29, 1.82) is 0 Å². The van der Waals surface area contributed by atoms with E-state index in [-0.39, 0.29) is 0 Å². The molecule has 5 heteroatoms. The smallest absolute Gasteiger partial charge is 0.106 e. The minimum absolute atomic E-state index is 0.459. The Morgan fingerprint density at radius 3 is 2.91 bits per heavy atom. The van der Waals surface area contributed by atoms with Crippen LogP contribution in [-0.4, -0.2) is 9.97 Å². The van der Waals surface area contributed by atoms with Gasteiger partial charge in [-0.15, -0.1) is 0 Å². The minimum atomic E-state index is 0.459. The predicted octanol–water partition coefficient (Wildman–Crippen LogP) is -0.803. The summed E-state index contributed by atoms with van der Waals surface area (Å²) in [4.78, 5) is 7.78. The van der Waals surface area contributed by atoms with E-state index >= 15 is 0 Å². The maximum absolute atomic E-state index is 5.52. The summed E-state index contributed by atoms with van der Waals surface area (Å²) >= 11 is 0. The first-order valence-electron chi connectivity index (χ1n) is 3.02. The topological polar surface area (TPSA) is 89.8 Å². The van der Waals surface area contributed by atoms with Gasteiger partial charge in [0.15, 0.2) is 0 Å². The SMILES string of the molecule is NN/C=C(\N)c1cnccn1. The van der Waals surface area contributed by atoms with E-state index in [0.717, 1.165) is 0 Å². The summed E-state index contributed by atoms with van der Waals surface area (Å²) in [6, 6.07) is 0. The van der Waals surface area contributed by atoms with Crippen LogP contribution < -0.4 is 17.0 Å². The molecule has 0 radical (unpaired) electrons. The van der Waals surface area contributed by atoms with E-state index in [1.165, 1.54) is 6.20 Å². The quantitative estimate of drug-likeness (QED) is 0.380. The molecule has 11 heavy (non-hydrogen) atoms. The number of rotatable bonds is 2. The van der Waals surface area contributed by atoms with Crippen LogP contribution in [0.4, 0.5) is 0 Å². The first-order valence-corrected chi connectivity index (χ1v) is 3.02. The minimum Gasteiger partial charge on any atom is -0.396 e. The van der Waals surface area contributed by atoms with Crippen molar-refractivity contribution in [2.24, 2.45) is 11.6 Å². The molecule has 5 N–H and O–H groups in total. The highest BCUT2D eigenvalue weighted by Gasteiger charge is 1.94. The van der Waals surface area contributed by atoms with Gasteiger partial charge in [0.05, 0.1) is 11.9 Å². The van der Waals surface area contributed by atoms with Gasteiger partial charge in [-0.1, -0.05) is 0 Å². The molecular formula is C6H9N5. The van der Waals surface area contributed by atoms with Crippen molar-refractivity contribution in [2.75, 3.05) is 0 Å². The second-order valence-electron chi connectivity index (χ2n) is 1.86. The van der Waals surface area contributed by atoms with Crippen molar-refractivity contribution in [3.8, 4) is 0 Å². The van der Waals surface area contributed by atoms with Gasteiger partial charge in [0.1, 0.15) is 5.69 Å². The van der Waals surface area contributed by atoms with Gasteiger partial charge in [0, 0.05) is 18.6 Å². The van der Waals surface area contributed by atoms with Crippen LogP contribution in [0.25, 0.3) is 5.70 Å². The Morgan fingerprint density at radius 2 is 2.36 bits per heavy atom. The fraction of sp³-hybridized carbons (Fsp3) is 0. The summed E-state index contributed by atoms with van der Waals surface area (Å²) in [5.74, 6) is 5.01. The van der Waals surface area contributed by atoms with Gasteiger partial charge in [-0.25, -0.2) is 0 Å². The number of aromatic nitrogens is 2. The van der Waals surface area contributed by atoms with E-state index in [4.69, 9.17) is 11.6 Å². The van der Waals surface area contributed by atoms with E-state index in [1.807, 2.05) is 0 Å². The third kappa shape index (κ3) is 1.91. The second kappa shape index (κ2) is 3.52. The summed E-state index contributed by atoms with van der Waals surface area (Å²) in [5.41, 5.74) is 8.89. The van der Waals surface area contributed by atoms with E-state index in [2.05, 4.69) is 15.4 Å². The van der Waals surface area contributed by atoms with Crippen LogP contribution in [0.1, 0.15) is 5.69 Å². The van der Waals surface area contributed by atoms with Crippen LogP contribution in [0.15, 0.2) is 24.8 Å². The van der Waals surface area contributed by atoms with Gasteiger partial charge in [-0.3, -0.25) is 15.8 Å². The zero-order valence-electron chi connectivity index (χ0n) is 5.86. The molecule has 0 saturated carbocycles. The summed E-state index contributed by atoms with van der Waals surface area (Å²) in [7, 11) is 0. The molecule has 1 aromatic heterocycles. The second-order valence-corrected chi connectivity index (χ2v) is 1.86. The number of nitrogens with two attached hydrogens (primary N) is 2. The third-order valence-corrected chi connectivity index (χ3v) is 1.10. The van der Waals surface area contributed by atoms with Gasteiger partial charge < -0.3 is 11.2 Å². The van der Waals surface area contributed by atoms with E-state index in [1.54, 1.807) is 18.6 Å². The summed E-state index contributed by atoms with van der Waals surface area (Å²) in [5, 5.41) is 0. The summed E-state index contributed by atoms with van der Waals surface area (Å²) in [6.45, 7) is 0. The molecule has 0 spiro atoms. The van der Waals surface area contributed by atoms with Crippen LogP contribution in [-0.2, 0) is 0 Å². The molecule has 1 rings (SSSR count). The monoisotopic (exact) mass is 151 g/mol. The zero-order valence-corrected chi connectivity index (χ0v) is 5.86. The van der Waals surface area contributed by atoms with Crippen molar-refractivity contribution < 1.29 is 0 Å². The Kier molecular flexibility index (Phi) is 2.40. The first-order chi connectivity index (χ1) is 5.34. The summed E-state index contributed by atoms with van der Waals surface area (Å²) < 4.78 is 0. The maximum Gasteiger partial charge on any atom is 0.106 e. The van der Waals surface area contributed by atoms with Crippen LogP contribution in [0.5, 0.6) is 0 Å². The molecule has 0 aliphatic rings. The van der Waals surface area contributed by atoms with Crippen molar-refractivity contribution in [1.82, 2.24) is 15.4 Å². The predicted molar refractivity (Wildman–Crippen MR) is 41.5 cm³/mol. The molecule has 0 fully saturated rings. The number of nitrogens with one attached hydrogen (secondary N) is 1. The lowest BCUT2D eigenvalue weighted by molar-refractivity contribution is 0.964. The molecule has 0 aliphatic carbocycles. The number of hydrogen-bond donors (Lipinski definition) is 3. The molecule has 0 bridgehead atoms. The zero-order chi connectivity index (χ0) is 8.10. The highest BCUT2D eigenvalue weighted by molar-refractivity contribution is 5.57. The lowest BCUT2D eigenvalue weighted by atomic mass is 10.3. The molecule has 0 atom stereocenters. The fourth-order valence-corrected chi connectivity index (χ4v) is 0.612. The lowest BCUT2D eigenvalue weighted by Crippen LogP contribution is -2.16. The van der Waals surface area contributed by atoms with Crippen molar-refractivity contribution in [3.63, 3.8) is 0 Å². The van der Waals surface area contributed by atoms with Gasteiger partial charge in [0.2, 0.25) is 0 Å². The van der Waals surface area contributed by atoms with Crippen LogP contribution in [0.3, 0.4) is 0 Å². The highest BCUT2D eigenvalue weighted by atomic mass is 15.2. The first kappa shape index (κ1) is 7.49. The van der Waals surface area contributed by atoms with Crippen LogP contribution >= 0.6 is 0 Å². The van der Waals surface area contributed by atoms with E-state index in [0.29, 0.717) is 11.4 Å². The largest absolute Gasteiger partial charge is 0.396 e. The van der Waals surface area contributed by atoms with Gasteiger partial charge in [-0.2, -0.15) is 0 Å². The van der Waals surface area contributed by atoms with Crippen molar-refractivity contribution in [2.45, 2.75) is 0 Å². The highest BCUT2D eigenvalue weighted by Crippen LogP contribution is 1.99. The molecule has 5 nitrogen and oxygen atoms in total. The van der Waals surface area contributed by atoms with Crippen LogP contribution in [0.2, 0.25) is 0 Å². The Labute approximate surface area is 64.1 Å². The maximum atomic E-state index is 5.52. The number of hydrogen-bond acceptors (Lipinski definition) is 5. The molecule has 0 saturated heterocycles. The van der Waals surface area contributed by atoms with Gasteiger partial charge >= 0.3 is 0 Å². The third-order valence-electron chi connectivity index (χ3n) is 1.10. The number of hydrazine groups is 1. The molecule has 0 unspecified atom stereocenters. The Hall–Kier alpha value is -1.62. The molecule has 0 amide bonds. The standard InChI is InChI=1S/C6H9N5/c7-5(3-11-8)6-4-9-1-2-10-6/h1-4,11H,7-8H2/b5-3-. The van der Waals surface area contributed by atoms with Crippen molar-refractivity contribution >= 4 is 5.70 Å². The Bertz CT molecular complexity index is 242. The molecule has 1 heterocycles. The van der Waals surface area contributed by atoms with Crippen molar-refractivity contribution in [3.05, 3.63) is 30.5 Å². The molecular weight excluding hydrogens is 142 g/mol. The average Bonchev–Trinajstić information content (AvgIpc) is 2.07. The molecule has 0 aromatic carbocycles. The Balaban J connectivity index is 2.85. The van der Waals surface area contributed by atoms with E-state index < -0.39 is 0 Å². The molecule has 1 aromatic rings. The Morgan fingerprint density at radius 1 is 1.55 bits per heavy atom. The fourth-order valence-electron chi connectivity index (χ4n) is 0.612. The molecule has 0 aliphatic heterocycles. The normalized spacial score (nSPS) is 11.2. The summed E-state index contributed by atoms with van der Waals surface area (Å²) in [6.07, 6.45) is 6.15. The average molecular weight is 151 g/mol. The van der Waals surface area contributed by atoms with Gasteiger partial charge in [-0.05, 0) is 0 Å².